The van der Waals surface area contributed by atoms with Crippen LogP contribution in [0.15, 0.2) is 59.0 Å². The van der Waals surface area contributed by atoms with Crippen molar-refractivity contribution in [1.29, 1.82) is 0 Å². The second-order valence-electron chi connectivity index (χ2n) is 5.62. The molecule has 0 atom stereocenters. The lowest BCUT2D eigenvalue weighted by Gasteiger charge is -2.03. The predicted molar refractivity (Wildman–Crippen MR) is 90.9 cm³/mol. The van der Waals surface area contributed by atoms with E-state index in [1.165, 1.54) is 12.1 Å². The SMILES string of the molecule is O=C(CCCc1ccc(F)cc1)NCc1nnc(-c2ccccc2)o1. The van der Waals surface area contributed by atoms with Crippen LogP contribution < -0.4 is 5.32 Å². The quantitative estimate of drug-likeness (QED) is 0.715. The number of hydrogen-bond acceptors (Lipinski definition) is 4. The molecule has 0 saturated heterocycles. The zero-order valence-electron chi connectivity index (χ0n) is 13.6. The molecule has 0 spiro atoms. The first-order valence-electron chi connectivity index (χ1n) is 8.09. The predicted octanol–water partition coefficient (Wildman–Crippen LogP) is 3.51. The molecule has 6 heteroatoms. The molecule has 0 aliphatic heterocycles. The highest BCUT2D eigenvalue weighted by Gasteiger charge is 2.09. The lowest BCUT2D eigenvalue weighted by molar-refractivity contribution is -0.121. The standard InChI is InChI=1S/C19H18FN3O2/c20-16-11-9-14(10-12-16)5-4-8-17(24)21-13-18-22-23-19(25-18)15-6-2-1-3-7-15/h1-3,6-7,9-12H,4-5,8,13H2,(H,21,24). The van der Waals surface area contributed by atoms with Crippen molar-refractivity contribution in [2.24, 2.45) is 0 Å². The summed E-state index contributed by atoms with van der Waals surface area (Å²) in [6.07, 6.45) is 1.81. The van der Waals surface area contributed by atoms with Gasteiger partial charge in [-0.05, 0) is 42.7 Å². The highest BCUT2D eigenvalue weighted by molar-refractivity contribution is 5.75. The fourth-order valence-corrected chi connectivity index (χ4v) is 2.39. The van der Waals surface area contributed by atoms with Crippen molar-refractivity contribution in [2.75, 3.05) is 0 Å². The Balaban J connectivity index is 1.42. The summed E-state index contributed by atoms with van der Waals surface area (Å²) >= 11 is 0. The van der Waals surface area contributed by atoms with E-state index < -0.39 is 0 Å². The number of aryl methyl sites for hydroxylation is 1. The first-order valence-corrected chi connectivity index (χ1v) is 8.09. The normalized spacial score (nSPS) is 10.6. The smallest absolute Gasteiger partial charge is 0.247 e. The molecule has 0 aliphatic rings. The molecular formula is C19H18FN3O2. The van der Waals surface area contributed by atoms with E-state index in [0.717, 1.165) is 17.5 Å². The molecule has 1 amide bonds. The van der Waals surface area contributed by atoms with Crippen molar-refractivity contribution in [2.45, 2.75) is 25.8 Å². The number of carbonyl (C=O) groups is 1. The largest absolute Gasteiger partial charge is 0.419 e. The number of amides is 1. The lowest BCUT2D eigenvalue weighted by atomic mass is 10.1. The van der Waals surface area contributed by atoms with E-state index in [2.05, 4.69) is 15.5 Å². The number of nitrogens with one attached hydrogen (secondary N) is 1. The topological polar surface area (TPSA) is 68.0 Å². The summed E-state index contributed by atoms with van der Waals surface area (Å²) in [5.74, 6) is 0.462. The van der Waals surface area contributed by atoms with Crippen LogP contribution in [-0.2, 0) is 17.8 Å². The van der Waals surface area contributed by atoms with Crippen molar-refractivity contribution >= 4 is 5.91 Å². The van der Waals surface area contributed by atoms with E-state index in [1.54, 1.807) is 12.1 Å². The van der Waals surface area contributed by atoms with Crippen LogP contribution in [0.4, 0.5) is 4.39 Å². The maximum Gasteiger partial charge on any atom is 0.247 e. The van der Waals surface area contributed by atoms with Crippen molar-refractivity contribution in [3.05, 3.63) is 71.9 Å². The Kier molecular flexibility index (Phi) is 5.51. The third kappa shape index (κ3) is 4.97. The summed E-state index contributed by atoms with van der Waals surface area (Å²) in [5, 5.41) is 10.7. The zero-order valence-corrected chi connectivity index (χ0v) is 13.6. The Morgan fingerprint density at radius 3 is 2.56 bits per heavy atom. The summed E-state index contributed by atoms with van der Waals surface area (Å²) in [6, 6.07) is 15.8. The molecule has 0 fully saturated rings. The van der Waals surface area contributed by atoms with Crippen LogP contribution in [0.25, 0.3) is 11.5 Å². The maximum absolute atomic E-state index is 12.8. The first-order chi connectivity index (χ1) is 12.2. The van der Waals surface area contributed by atoms with Crippen LogP contribution in [0, 0.1) is 5.82 Å². The van der Waals surface area contributed by atoms with Gasteiger partial charge in [-0.2, -0.15) is 0 Å². The molecule has 3 aromatic rings. The zero-order chi connectivity index (χ0) is 17.5. The Morgan fingerprint density at radius 2 is 1.80 bits per heavy atom. The van der Waals surface area contributed by atoms with Gasteiger partial charge < -0.3 is 9.73 Å². The molecule has 0 unspecified atom stereocenters. The van der Waals surface area contributed by atoms with Crippen molar-refractivity contribution in [1.82, 2.24) is 15.5 Å². The number of hydrogen-bond donors (Lipinski definition) is 1. The van der Waals surface area contributed by atoms with Gasteiger partial charge in [-0.25, -0.2) is 4.39 Å². The lowest BCUT2D eigenvalue weighted by Crippen LogP contribution is -2.22. The molecule has 3 rings (SSSR count). The van der Waals surface area contributed by atoms with E-state index in [-0.39, 0.29) is 18.3 Å². The minimum absolute atomic E-state index is 0.0819. The van der Waals surface area contributed by atoms with Crippen LogP contribution in [-0.4, -0.2) is 16.1 Å². The Morgan fingerprint density at radius 1 is 1.04 bits per heavy atom. The molecule has 0 aliphatic carbocycles. The molecule has 0 radical (unpaired) electrons. The van der Waals surface area contributed by atoms with E-state index in [9.17, 15) is 9.18 Å². The number of carbonyl (C=O) groups excluding carboxylic acids is 1. The van der Waals surface area contributed by atoms with Gasteiger partial charge >= 0.3 is 0 Å². The summed E-state index contributed by atoms with van der Waals surface area (Å²) in [4.78, 5) is 11.9. The highest BCUT2D eigenvalue weighted by atomic mass is 19.1. The molecule has 1 N–H and O–H groups in total. The second kappa shape index (κ2) is 8.19. The van der Waals surface area contributed by atoms with E-state index in [1.807, 2.05) is 30.3 Å². The Labute approximate surface area is 144 Å². The van der Waals surface area contributed by atoms with E-state index >= 15 is 0 Å². The van der Waals surface area contributed by atoms with Crippen LogP contribution >= 0.6 is 0 Å². The fourth-order valence-electron chi connectivity index (χ4n) is 2.39. The van der Waals surface area contributed by atoms with Gasteiger partial charge in [0, 0.05) is 12.0 Å². The third-order valence-corrected chi connectivity index (χ3v) is 3.71. The van der Waals surface area contributed by atoms with Gasteiger partial charge in [0.2, 0.25) is 17.7 Å². The Hall–Kier alpha value is -3.02. The van der Waals surface area contributed by atoms with Crippen LogP contribution in [0.1, 0.15) is 24.3 Å². The van der Waals surface area contributed by atoms with Crippen LogP contribution in [0.5, 0.6) is 0 Å². The van der Waals surface area contributed by atoms with Crippen molar-refractivity contribution in [3.63, 3.8) is 0 Å². The number of rotatable bonds is 7. The monoisotopic (exact) mass is 339 g/mol. The number of benzene rings is 2. The van der Waals surface area contributed by atoms with Gasteiger partial charge in [0.25, 0.3) is 0 Å². The Bertz CT molecular complexity index is 816. The minimum Gasteiger partial charge on any atom is -0.419 e. The summed E-state index contributed by atoms with van der Waals surface area (Å²) in [6.45, 7) is 0.204. The van der Waals surface area contributed by atoms with Crippen LogP contribution in [0.2, 0.25) is 0 Å². The molecule has 2 aromatic carbocycles. The van der Waals surface area contributed by atoms with E-state index in [4.69, 9.17) is 4.42 Å². The fraction of sp³-hybridized carbons (Fsp3) is 0.211. The molecule has 0 bridgehead atoms. The van der Waals surface area contributed by atoms with Gasteiger partial charge in [-0.15, -0.1) is 10.2 Å². The van der Waals surface area contributed by atoms with Gasteiger partial charge in [0.15, 0.2) is 0 Å². The molecule has 25 heavy (non-hydrogen) atoms. The average Bonchev–Trinajstić information content (AvgIpc) is 3.11. The number of aromatic nitrogens is 2. The maximum atomic E-state index is 12.8. The summed E-state index contributed by atoms with van der Waals surface area (Å²) in [7, 11) is 0. The van der Waals surface area contributed by atoms with Gasteiger partial charge in [0.05, 0.1) is 6.54 Å². The number of nitrogens with zero attached hydrogens (tertiary/aromatic N) is 2. The molecule has 1 heterocycles. The first kappa shape index (κ1) is 16.8. The number of halogens is 1. The van der Waals surface area contributed by atoms with Crippen molar-refractivity contribution < 1.29 is 13.6 Å². The van der Waals surface area contributed by atoms with Gasteiger partial charge in [-0.1, -0.05) is 30.3 Å². The molecule has 1 aromatic heterocycles. The molecule has 128 valence electrons. The van der Waals surface area contributed by atoms with Crippen LogP contribution in [0.3, 0.4) is 0 Å². The second-order valence-corrected chi connectivity index (χ2v) is 5.62. The average molecular weight is 339 g/mol. The molecule has 5 nitrogen and oxygen atoms in total. The molecule has 0 saturated carbocycles. The summed E-state index contributed by atoms with van der Waals surface area (Å²) in [5.41, 5.74) is 1.85. The summed E-state index contributed by atoms with van der Waals surface area (Å²) < 4.78 is 18.4. The van der Waals surface area contributed by atoms with Gasteiger partial charge in [0.1, 0.15) is 5.82 Å². The minimum atomic E-state index is -0.254. The third-order valence-electron chi connectivity index (χ3n) is 3.71. The van der Waals surface area contributed by atoms with Gasteiger partial charge in [-0.3, -0.25) is 4.79 Å². The highest BCUT2D eigenvalue weighted by Crippen LogP contribution is 2.16. The molecular weight excluding hydrogens is 321 g/mol. The van der Waals surface area contributed by atoms with Crippen molar-refractivity contribution in [3.8, 4) is 11.5 Å². The van der Waals surface area contributed by atoms with E-state index in [0.29, 0.717) is 24.6 Å².